The van der Waals surface area contributed by atoms with Crippen molar-refractivity contribution in [2.75, 3.05) is 0 Å². The molecule has 0 radical (unpaired) electrons. The lowest BCUT2D eigenvalue weighted by Crippen LogP contribution is -1.99. The molecular weight excluding hydrogens is 260 g/mol. The number of benzene rings is 2. The van der Waals surface area contributed by atoms with Gasteiger partial charge in [0.25, 0.3) is 11.4 Å². The Balaban J connectivity index is 2.48. The molecule has 0 fully saturated rings. The van der Waals surface area contributed by atoms with E-state index >= 15 is 0 Å². The molecule has 2 aromatic rings. The van der Waals surface area contributed by atoms with Crippen LogP contribution in [0.4, 0.5) is 11.4 Å². The maximum Gasteiger partial charge on any atom is 0.273 e. The molecule has 102 valence electrons. The first-order valence-corrected chi connectivity index (χ1v) is 5.95. The van der Waals surface area contributed by atoms with Crippen LogP contribution in [0.2, 0.25) is 0 Å². The summed E-state index contributed by atoms with van der Waals surface area (Å²) in [4.78, 5) is 20.7. The van der Waals surface area contributed by atoms with Gasteiger partial charge >= 0.3 is 0 Å². The van der Waals surface area contributed by atoms with Crippen molar-refractivity contribution >= 4 is 11.4 Å². The predicted octanol–water partition coefficient (Wildman–Crippen LogP) is 3.40. The van der Waals surface area contributed by atoms with Gasteiger partial charge in [-0.15, -0.1) is 0 Å². The molecule has 0 saturated carbocycles. The lowest BCUT2D eigenvalue weighted by atomic mass is 9.99. The summed E-state index contributed by atoms with van der Waals surface area (Å²) in [5.74, 6) is 0. The van der Waals surface area contributed by atoms with Crippen molar-refractivity contribution in [3.05, 3.63) is 79.4 Å². The van der Waals surface area contributed by atoms with E-state index < -0.39 is 9.85 Å². The molecule has 0 N–H and O–H groups in total. The third kappa shape index (κ3) is 2.80. The standard InChI is InChI=1S/C14H12N2O4/c1-10-4-2-3-5-11(10)8-12-9-13(15(17)18)6-7-14(12)16(19)20/h2-7,9H,8H2,1H3. The molecule has 0 unspecified atom stereocenters. The van der Waals surface area contributed by atoms with Crippen LogP contribution in [0.25, 0.3) is 0 Å². The average Bonchev–Trinajstić information content (AvgIpc) is 2.41. The second-order valence-electron chi connectivity index (χ2n) is 4.43. The summed E-state index contributed by atoms with van der Waals surface area (Å²) in [7, 11) is 0. The van der Waals surface area contributed by atoms with Crippen molar-refractivity contribution in [2.45, 2.75) is 13.3 Å². The molecule has 2 aromatic carbocycles. The van der Waals surface area contributed by atoms with Crippen LogP contribution < -0.4 is 0 Å². The Bertz CT molecular complexity index is 683. The first-order chi connectivity index (χ1) is 9.49. The quantitative estimate of drug-likeness (QED) is 0.630. The first kappa shape index (κ1) is 13.7. The normalized spacial score (nSPS) is 10.2. The van der Waals surface area contributed by atoms with Crippen LogP contribution in [0.15, 0.2) is 42.5 Å². The van der Waals surface area contributed by atoms with Crippen molar-refractivity contribution < 1.29 is 9.85 Å². The fourth-order valence-electron chi connectivity index (χ4n) is 2.02. The molecule has 0 heterocycles. The van der Waals surface area contributed by atoms with Crippen molar-refractivity contribution in [3.8, 4) is 0 Å². The number of nitro groups is 2. The van der Waals surface area contributed by atoms with E-state index in [9.17, 15) is 20.2 Å². The molecule has 0 bridgehead atoms. The lowest BCUT2D eigenvalue weighted by molar-refractivity contribution is -0.389. The molecule has 0 amide bonds. The van der Waals surface area contributed by atoms with Gasteiger partial charge < -0.3 is 0 Å². The minimum Gasteiger partial charge on any atom is -0.258 e. The second-order valence-corrected chi connectivity index (χ2v) is 4.43. The fourth-order valence-corrected chi connectivity index (χ4v) is 2.02. The van der Waals surface area contributed by atoms with Crippen LogP contribution in [0.1, 0.15) is 16.7 Å². The second kappa shape index (κ2) is 5.48. The van der Waals surface area contributed by atoms with Gasteiger partial charge in [-0.3, -0.25) is 20.2 Å². The van der Waals surface area contributed by atoms with Gasteiger partial charge in [-0.1, -0.05) is 24.3 Å². The third-order valence-corrected chi connectivity index (χ3v) is 3.11. The molecule has 0 aromatic heterocycles. The van der Waals surface area contributed by atoms with E-state index in [1.54, 1.807) is 0 Å². The van der Waals surface area contributed by atoms with Crippen LogP contribution in [-0.4, -0.2) is 9.85 Å². The van der Waals surface area contributed by atoms with Gasteiger partial charge in [-0.2, -0.15) is 0 Å². The predicted molar refractivity (Wildman–Crippen MR) is 73.7 cm³/mol. The highest BCUT2D eigenvalue weighted by molar-refractivity contribution is 5.50. The van der Waals surface area contributed by atoms with Gasteiger partial charge in [0.15, 0.2) is 0 Å². The molecule has 6 heteroatoms. The highest BCUT2D eigenvalue weighted by Gasteiger charge is 2.18. The fraction of sp³-hybridized carbons (Fsp3) is 0.143. The SMILES string of the molecule is Cc1ccccc1Cc1cc([N+](=O)[O-])ccc1[N+](=O)[O-]. The molecule has 20 heavy (non-hydrogen) atoms. The minimum atomic E-state index is -0.551. The molecule has 0 aliphatic rings. The Labute approximate surface area is 115 Å². The number of hydrogen-bond acceptors (Lipinski definition) is 4. The maximum atomic E-state index is 11.0. The van der Waals surface area contributed by atoms with Crippen LogP contribution >= 0.6 is 0 Å². The maximum absolute atomic E-state index is 11.0. The highest BCUT2D eigenvalue weighted by atomic mass is 16.6. The van der Waals surface area contributed by atoms with Crippen LogP contribution in [-0.2, 0) is 6.42 Å². The van der Waals surface area contributed by atoms with E-state index in [1.807, 2.05) is 31.2 Å². The van der Waals surface area contributed by atoms with E-state index in [4.69, 9.17) is 0 Å². The van der Waals surface area contributed by atoms with Gasteiger partial charge in [0.1, 0.15) is 0 Å². The minimum absolute atomic E-state index is 0.0983. The molecule has 0 spiro atoms. The average molecular weight is 272 g/mol. The zero-order valence-corrected chi connectivity index (χ0v) is 10.8. The third-order valence-electron chi connectivity index (χ3n) is 3.11. The first-order valence-electron chi connectivity index (χ1n) is 5.95. The summed E-state index contributed by atoms with van der Waals surface area (Å²) < 4.78 is 0. The molecule has 0 aliphatic heterocycles. The largest absolute Gasteiger partial charge is 0.273 e. The van der Waals surface area contributed by atoms with Gasteiger partial charge in [0, 0.05) is 30.2 Å². The smallest absolute Gasteiger partial charge is 0.258 e. The molecule has 0 atom stereocenters. The number of hydrogen-bond donors (Lipinski definition) is 0. The van der Waals surface area contributed by atoms with Crippen LogP contribution in [0, 0.1) is 27.2 Å². The summed E-state index contributed by atoms with van der Waals surface area (Å²) >= 11 is 0. The Morgan fingerprint density at radius 3 is 2.25 bits per heavy atom. The molecule has 0 saturated heterocycles. The number of rotatable bonds is 4. The van der Waals surface area contributed by atoms with Crippen LogP contribution in [0.3, 0.4) is 0 Å². The summed E-state index contributed by atoms with van der Waals surface area (Å²) in [5.41, 5.74) is 2.01. The van der Waals surface area contributed by atoms with E-state index in [0.29, 0.717) is 12.0 Å². The van der Waals surface area contributed by atoms with E-state index in [0.717, 1.165) is 17.2 Å². The topological polar surface area (TPSA) is 86.3 Å². The van der Waals surface area contributed by atoms with Gasteiger partial charge in [0.2, 0.25) is 0 Å². The zero-order chi connectivity index (χ0) is 14.7. The summed E-state index contributed by atoms with van der Waals surface area (Å²) in [6.07, 6.45) is 0.296. The monoisotopic (exact) mass is 272 g/mol. The number of nitro benzene ring substituents is 2. The number of aryl methyl sites for hydroxylation is 1. The van der Waals surface area contributed by atoms with Crippen molar-refractivity contribution in [3.63, 3.8) is 0 Å². The Morgan fingerprint density at radius 1 is 0.950 bits per heavy atom. The lowest BCUT2D eigenvalue weighted by Gasteiger charge is -2.06. The Morgan fingerprint density at radius 2 is 1.65 bits per heavy atom. The zero-order valence-electron chi connectivity index (χ0n) is 10.8. The summed E-state index contributed by atoms with van der Waals surface area (Å²) in [5, 5.41) is 21.8. The summed E-state index contributed by atoms with van der Waals surface area (Å²) in [6, 6.07) is 11.1. The molecular formula is C14H12N2O4. The van der Waals surface area contributed by atoms with Crippen molar-refractivity contribution in [1.29, 1.82) is 0 Å². The van der Waals surface area contributed by atoms with Gasteiger partial charge in [-0.25, -0.2) is 0 Å². The molecule has 0 aliphatic carbocycles. The molecule has 6 nitrogen and oxygen atoms in total. The molecule has 2 rings (SSSR count). The highest BCUT2D eigenvalue weighted by Crippen LogP contribution is 2.27. The number of non-ortho nitro benzene ring substituents is 1. The van der Waals surface area contributed by atoms with Crippen LogP contribution in [0.5, 0.6) is 0 Å². The summed E-state index contributed by atoms with van der Waals surface area (Å²) in [6.45, 7) is 1.90. The van der Waals surface area contributed by atoms with Gasteiger partial charge in [0.05, 0.1) is 9.85 Å². The van der Waals surface area contributed by atoms with Crippen molar-refractivity contribution in [2.24, 2.45) is 0 Å². The van der Waals surface area contributed by atoms with E-state index in [1.165, 1.54) is 12.1 Å². The van der Waals surface area contributed by atoms with E-state index in [-0.39, 0.29) is 11.4 Å². The van der Waals surface area contributed by atoms with Gasteiger partial charge in [-0.05, 0) is 18.1 Å². The van der Waals surface area contributed by atoms with E-state index in [2.05, 4.69) is 0 Å². The number of nitrogens with zero attached hydrogens (tertiary/aromatic N) is 2. The Hall–Kier alpha value is -2.76. The Kier molecular flexibility index (Phi) is 3.74. The van der Waals surface area contributed by atoms with Crippen molar-refractivity contribution in [1.82, 2.24) is 0 Å².